The normalized spacial score (nSPS) is 12.8. The molecule has 17 heteroatoms. The lowest BCUT2D eigenvalue weighted by atomic mass is 10.1. The van der Waals surface area contributed by atoms with Crippen LogP contribution >= 0.6 is 0 Å². The number of alkyl carbamates (subject to hydrolysis) is 1. The first kappa shape index (κ1) is 35.6. The number of anilines is 4. The molecule has 4 aromatic heterocycles. The predicted molar refractivity (Wildman–Crippen MR) is 180 cm³/mol. The first-order valence-corrected chi connectivity index (χ1v) is 15.4. The van der Waals surface area contributed by atoms with E-state index in [1.54, 1.807) is 73.2 Å². The standard InChI is InChI=1S/C31H46N12O5/c1-31(2,3)48-30(47)35-11-9-21(33)23-17-42(6)28(39-23)36-18-12-24(40(4)14-18)26(44)34-10-8-20(32)22-16-43(7)29(38-22)37-19-13-25(27(45)46)41(5)15-19/h12-17,20-21H,8-11,32-33H2,1-7H3,(H,34,44)(H,35,47)(H,36,39)(H,37,38)(H,45,46). The minimum atomic E-state index is -1.02. The van der Waals surface area contributed by atoms with Crippen LogP contribution in [-0.2, 0) is 32.9 Å². The molecule has 260 valence electrons. The Morgan fingerprint density at radius 3 is 1.69 bits per heavy atom. The summed E-state index contributed by atoms with van der Waals surface area (Å²) in [7, 11) is 7.07. The minimum Gasteiger partial charge on any atom is -0.477 e. The number of aromatic nitrogens is 6. The molecule has 0 aliphatic carbocycles. The Labute approximate surface area is 278 Å². The van der Waals surface area contributed by atoms with E-state index in [4.69, 9.17) is 16.2 Å². The zero-order valence-corrected chi connectivity index (χ0v) is 28.4. The summed E-state index contributed by atoms with van der Waals surface area (Å²) >= 11 is 0. The Balaban J connectivity index is 1.27. The lowest BCUT2D eigenvalue weighted by Gasteiger charge is -2.20. The number of imidazole rings is 2. The van der Waals surface area contributed by atoms with Crippen molar-refractivity contribution in [3.63, 3.8) is 0 Å². The molecule has 0 saturated carbocycles. The average Bonchev–Trinajstić information content (AvgIpc) is 3.74. The number of carboxylic acid groups (broad SMARTS) is 1. The molecule has 0 saturated heterocycles. The topological polar surface area (TPSA) is 226 Å². The number of nitrogens with zero attached hydrogens (tertiary/aromatic N) is 6. The van der Waals surface area contributed by atoms with Gasteiger partial charge < -0.3 is 60.8 Å². The third-order valence-corrected chi connectivity index (χ3v) is 7.39. The smallest absolute Gasteiger partial charge is 0.407 e. The Bertz CT molecular complexity index is 1760. The molecule has 2 unspecified atom stereocenters. The second kappa shape index (κ2) is 14.6. The van der Waals surface area contributed by atoms with Crippen LogP contribution in [0, 0.1) is 0 Å². The monoisotopic (exact) mass is 666 g/mol. The number of rotatable bonds is 14. The van der Waals surface area contributed by atoms with Crippen LogP contribution in [0.25, 0.3) is 0 Å². The van der Waals surface area contributed by atoms with Gasteiger partial charge in [-0.1, -0.05) is 0 Å². The van der Waals surface area contributed by atoms with Crippen molar-refractivity contribution < 1.29 is 24.2 Å². The molecule has 2 amide bonds. The van der Waals surface area contributed by atoms with Gasteiger partial charge >= 0.3 is 12.1 Å². The molecule has 17 nitrogen and oxygen atoms in total. The maximum Gasteiger partial charge on any atom is 0.407 e. The molecule has 4 rings (SSSR count). The summed E-state index contributed by atoms with van der Waals surface area (Å²) in [5.41, 5.74) is 15.3. The zero-order valence-electron chi connectivity index (χ0n) is 28.4. The lowest BCUT2D eigenvalue weighted by molar-refractivity contribution is 0.0525. The Kier molecular flexibility index (Phi) is 10.8. The molecular weight excluding hydrogens is 620 g/mol. The summed E-state index contributed by atoms with van der Waals surface area (Å²) in [6, 6.07) is 2.40. The largest absolute Gasteiger partial charge is 0.477 e. The van der Waals surface area contributed by atoms with E-state index in [1.807, 2.05) is 20.3 Å². The van der Waals surface area contributed by atoms with Crippen molar-refractivity contribution in [3.05, 3.63) is 59.7 Å². The number of amides is 2. The van der Waals surface area contributed by atoms with Gasteiger partial charge in [0.2, 0.25) is 11.9 Å². The van der Waals surface area contributed by atoms with Crippen LogP contribution in [0.15, 0.2) is 36.9 Å². The Morgan fingerprint density at radius 2 is 1.23 bits per heavy atom. The predicted octanol–water partition coefficient (Wildman–Crippen LogP) is 2.75. The number of hydrogen-bond donors (Lipinski definition) is 7. The molecule has 48 heavy (non-hydrogen) atoms. The van der Waals surface area contributed by atoms with Crippen molar-refractivity contribution in [1.82, 2.24) is 38.9 Å². The SMILES string of the molecule is Cn1cc(Nc2nc(C(N)CCNC(=O)c3cc(Nc4nc(C(N)CCNC(=O)OC(C)(C)C)cn4C)cn3C)cn2C)cc1C(=O)O. The Hall–Kier alpha value is -5.29. The average molecular weight is 667 g/mol. The number of hydrogen-bond acceptors (Lipinski definition) is 10. The van der Waals surface area contributed by atoms with E-state index in [1.165, 1.54) is 10.6 Å². The summed E-state index contributed by atoms with van der Waals surface area (Å²) in [6.45, 7) is 6.05. The molecule has 2 atom stereocenters. The van der Waals surface area contributed by atoms with Crippen molar-refractivity contribution in [2.45, 2.75) is 51.3 Å². The number of aryl methyl sites for hydroxylation is 4. The zero-order chi connectivity index (χ0) is 35.3. The number of nitrogens with one attached hydrogen (secondary N) is 4. The van der Waals surface area contributed by atoms with E-state index in [-0.39, 0.29) is 11.6 Å². The van der Waals surface area contributed by atoms with Gasteiger partial charge in [0, 0.05) is 66.1 Å². The van der Waals surface area contributed by atoms with Crippen LogP contribution in [0.2, 0.25) is 0 Å². The number of ether oxygens (including phenoxy) is 1. The maximum absolute atomic E-state index is 13.0. The fourth-order valence-electron chi connectivity index (χ4n) is 4.90. The summed E-state index contributed by atoms with van der Waals surface area (Å²) in [5.74, 6) is -0.236. The molecule has 0 radical (unpaired) electrons. The number of carbonyl (C=O) groups is 3. The van der Waals surface area contributed by atoms with Crippen LogP contribution in [0.3, 0.4) is 0 Å². The van der Waals surface area contributed by atoms with Gasteiger partial charge in [-0.2, -0.15) is 0 Å². The van der Waals surface area contributed by atoms with E-state index in [0.717, 1.165) is 0 Å². The van der Waals surface area contributed by atoms with Crippen molar-refractivity contribution in [2.75, 3.05) is 23.7 Å². The fraction of sp³-hybridized carbons (Fsp3) is 0.452. The molecule has 0 aliphatic rings. The molecular formula is C31H46N12O5. The van der Waals surface area contributed by atoms with Gasteiger partial charge in [0.25, 0.3) is 5.91 Å². The highest BCUT2D eigenvalue weighted by molar-refractivity contribution is 5.94. The van der Waals surface area contributed by atoms with E-state index < -0.39 is 29.7 Å². The number of carboxylic acids is 1. The van der Waals surface area contributed by atoms with Crippen LogP contribution in [0.4, 0.5) is 28.1 Å². The Morgan fingerprint density at radius 1 is 0.771 bits per heavy atom. The number of carbonyl (C=O) groups excluding carboxylic acids is 2. The van der Waals surface area contributed by atoms with E-state index in [0.29, 0.717) is 66.3 Å². The quantitative estimate of drug-likeness (QED) is 0.104. The first-order chi connectivity index (χ1) is 22.5. The van der Waals surface area contributed by atoms with Crippen LogP contribution in [-0.4, -0.2) is 70.0 Å². The van der Waals surface area contributed by atoms with E-state index in [9.17, 15) is 19.5 Å². The maximum atomic E-state index is 13.0. The van der Waals surface area contributed by atoms with Crippen molar-refractivity contribution >= 4 is 41.2 Å². The van der Waals surface area contributed by atoms with Crippen molar-refractivity contribution in [1.29, 1.82) is 0 Å². The molecule has 9 N–H and O–H groups in total. The highest BCUT2D eigenvalue weighted by atomic mass is 16.6. The highest BCUT2D eigenvalue weighted by Gasteiger charge is 2.19. The molecule has 4 heterocycles. The van der Waals surface area contributed by atoms with Gasteiger partial charge in [-0.3, -0.25) is 4.79 Å². The number of nitrogens with two attached hydrogens (primary N) is 2. The van der Waals surface area contributed by atoms with Crippen molar-refractivity contribution in [2.24, 2.45) is 39.7 Å². The minimum absolute atomic E-state index is 0.147. The third-order valence-electron chi connectivity index (χ3n) is 7.39. The summed E-state index contributed by atoms with van der Waals surface area (Å²) < 4.78 is 12.0. The number of aromatic carboxylic acids is 1. The summed E-state index contributed by atoms with van der Waals surface area (Å²) in [5, 5.41) is 21.3. The lowest BCUT2D eigenvalue weighted by Crippen LogP contribution is -2.34. The van der Waals surface area contributed by atoms with Gasteiger partial charge in [0.15, 0.2) is 0 Å². The molecule has 0 spiro atoms. The van der Waals surface area contributed by atoms with E-state index >= 15 is 0 Å². The second-order valence-corrected chi connectivity index (χ2v) is 12.7. The first-order valence-electron chi connectivity index (χ1n) is 15.4. The fourth-order valence-corrected chi connectivity index (χ4v) is 4.90. The van der Waals surface area contributed by atoms with Crippen LogP contribution in [0.5, 0.6) is 0 Å². The van der Waals surface area contributed by atoms with Gasteiger partial charge in [0.05, 0.1) is 34.8 Å². The molecule has 0 aromatic carbocycles. The molecule has 4 aromatic rings. The molecule has 0 bridgehead atoms. The van der Waals surface area contributed by atoms with Gasteiger partial charge in [0.1, 0.15) is 17.0 Å². The van der Waals surface area contributed by atoms with Crippen LogP contribution < -0.4 is 32.7 Å². The van der Waals surface area contributed by atoms with E-state index in [2.05, 4.69) is 31.2 Å². The summed E-state index contributed by atoms with van der Waals surface area (Å²) in [6.07, 6.45) is 7.47. The van der Waals surface area contributed by atoms with Gasteiger partial charge in [-0.25, -0.2) is 19.6 Å². The highest BCUT2D eigenvalue weighted by Crippen LogP contribution is 2.23. The van der Waals surface area contributed by atoms with Gasteiger partial charge in [-0.05, 0) is 45.7 Å². The summed E-state index contributed by atoms with van der Waals surface area (Å²) in [4.78, 5) is 45.4. The molecule has 0 aliphatic heterocycles. The molecule has 0 fully saturated rings. The van der Waals surface area contributed by atoms with Crippen molar-refractivity contribution in [3.8, 4) is 0 Å². The van der Waals surface area contributed by atoms with Crippen LogP contribution in [0.1, 0.15) is 78.1 Å². The van der Waals surface area contributed by atoms with Gasteiger partial charge in [-0.15, -0.1) is 0 Å². The third kappa shape index (κ3) is 9.16. The second-order valence-electron chi connectivity index (χ2n) is 12.7.